The van der Waals surface area contributed by atoms with Crippen LogP contribution in [-0.2, 0) is 0 Å². The van der Waals surface area contributed by atoms with E-state index < -0.39 is 12.2 Å². The molecule has 47 heavy (non-hydrogen) atoms. The fourth-order valence-electron chi connectivity index (χ4n) is 10.6. The second kappa shape index (κ2) is 13.4. The maximum Gasteiger partial charge on any atom is 0.0677 e. The zero-order chi connectivity index (χ0) is 32.6. The molecule has 246 valence electrons. The van der Waals surface area contributed by atoms with E-state index in [0.29, 0.717) is 17.8 Å². The van der Waals surface area contributed by atoms with Gasteiger partial charge in [0.25, 0.3) is 0 Å². The smallest absolute Gasteiger partial charge is 0.0677 e. The normalized spacial score (nSPS) is 35.6. The van der Waals surface area contributed by atoms with Crippen molar-refractivity contribution < 1.29 is 10.2 Å². The highest BCUT2D eigenvalue weighted by atomic mass is 16.3. The third-order valence-electron chi connectivity index (χ3n) is 13.5. The molecule has 3 saturated carbocycles. The highest BCUT2D eigenvalue weighted by molar-refractivity contribution is 5.31. The van der Waals surface area contributed by atoms with Crippen LogP contribution in [0, 0.1) is 28.6 Å². The Morgan fingerprint density at radius 2 is 0.787 bits per heavy atom. The SMILES string of the molecule is CC1CCC(C2CC(c3ccccc3)C(O)C(c3ccccc3)C2)(C2CC(c3ccccc3)C(O)C(c3ccccc3)C2)CC1(C)C. The Hall–Kier alpha value is -3.20. The number of rotatable bonds is 6. The molecule has 0 saturated heterocycles. The predicted molar refractivity (Wildman–Crippen MR) is 193 cm³/mol. The van der Waals surface area contributed by atoms with E-state index in [1.54, 1.807) is 0 Å². The predicted octanol–water partition coefficient (Wildman–Crippen LogP) is 10.5. The van der Waals surface area contributed by atoms with Gasteiger partial charge < -0.3 is 10.2 Å². The van der Waals surface area contributed by atoms with Gasteiger partial charge in [-0.05, 0) is 95.8 Å². The van der Waals surface area contributed by atoms with Gasteiger partial charge in [0.2, 0.25) is 0 Å². The molecule has 3 aliphatic rings. The van der Waals surface area contributed by atoms with E-state index in [1.807, 2.05) is 0 Å². The van der Waals surface area contributed by atoms with Crippen LogP contribution in [0.15, 0.2) is 121 Å². The number of benzene rings is 4. The number of aliphatic hydroxyl groups excluding tert-OH is 2. The summed E-state index contributed by atoms with van der Waals surface area (Å²) in [6.07, 6.45) is 6.92. The Kier molecular flexibility index (Phi) is 9.20. The lowest BCUT2D eigenvalue weighted by atomic mass is 9.45. The topological polar surface area (TPSA) is 40.5 Å². The molecular formula is C45H54O2. The lowest BCUT2D eigenvalue weighted by molar-refractivity contribution is -0.105. The fraction of sp³-hybridized carbons (Fsp3) is 0.467. The average molecular weight is 627 g/mol. The van der Waals surface area contributed by atoms with Crippen molar-refractivity contribution in [1.29, 1.82) is 0 Å². The second-order valence-corrected chi connectivity index (χ2v) is 16.2. The molecule has 0 aromatic heterocycles. The van der Waals surface area contributed by atoms with Crippen LogP contribution in [0.5, 0.6) is 0 Å². The molecule has 2 N–H and O–H groups in total. The first-order valence-corrected chi connectivity index (χ1v) is 18.3. The maximum absolute atomic E-state index is 12.2. The van der Waals surface area contributed by atoms with Crippen molar-refractivity contribution in [3.8, 4) is 0 Å². The third-order valence-corrected chi connectivity index (χ3v) is 13.5. The van der Waals surface area contributed by atoms with Crippen molar-refractivity contribution in [1.82, 2.24) is 0 Å². The highest BCUT2D eigenvalue weighted by Crippen LogP contribution is 2.65. The molecule has 3 aliphatic carbocycles. The van der Waals surface area contributed by atoms with Crippen molar-refractivity contribution >= 4 is 0 Å². The monoisotopic (exact) mass is 626 g/mol. The highest BCUT2D eigenvalue weighted by Gasteiger charge is 2.57. The summed E-state index contributed by atoms with van der Waals surface area (Å²) in [5, 5.41) is 24.3. The minimum absolute atomic E-state index is 0.100. The van der Waals surface area contributed by atoms with Crippen LogP contribution in [0.2, 0.25) is 0 Å². The van der Waals surface area contributed by atoms with Crippen molar-refractivity contribution in [2.75, 3.05) is 0 Å². The van der Waals surface area contributed by atoms with Crippen molar-refractivity contribution in [3.63, 3.8) is 0 Å². The Morgan fingerprint density at radius 1 is 0.489 bits per heavy atom. The van der Waals surface area contributed by atoms with Gasteiger partial charge in [0.15, 0.2) is 0 Å². The van der Waals surface area contributed by atoms with Gasteiger partial charge in [-0.15, -0.1) is 0 Å². The first kappa shape index (κ1) is 32.4. The molecule has 0 amide bonds. The standard InChI is InChI=1S/C45H54O2/c1-31-24-25-45(30-44(31,2)3,36-26-38(32-16-8-4-9-17-32)42(46)39(27-36)33-18-10-5-11-19-33)37-28-40(34-20-12-6-13-21-34)43(47)41(29-37)35-22-14-7-15-23-35/h4-23,31,36-43,46-47H,24-30H2,1-3H3. The quantitative estimate of drug-likeness (QED) is 0.224. The molecule has 4 aromatic rings. The molecule has 0 aliphatic heterocycles. The molecule has 5 atom stereocenters. The molecular weight excluding hydrogens is 572 g/mol. The van der Waals surface area contributed by atoms with Crippen LogP contribution in [0.4, 0.5) is 0 Å². The van der Waals surface area contributed by atoms with Gasteiger partial charge in [-0.1, -0.05) is 142 Å². The van der Waals surface area contributed by atoms with Gasteiger partial charge in [0.1, 0.15) is 0 Å². The second-order valence-electron chi connectivity index (χ2n) is 16.2. The average Bonchev–Trinajstić information content (AvgIpc) is 3.11. The zero-order valence-corrected chi connectivity index (χ0v) is 28.6. The van der Waals surface area contributed by atoms with E-state index in [2.05, 4.69) is 142 Å². The largest absolute Gasteiger partial charge is 0.392 e. The van der Waals surface area contributed by atoms with Gasteiger partial charge in [0, 0.05) is 23.7 Å². The van der Waals surface area contributed by atoms with E-state index in [4.69, 9.17) is 0 Å². The number of hydrogen-bond acceptors (Lipinski definition) is 2. The molecule has 0 radical (unpaired) electrons. The lowest BCUT2D eigenvalue weighted by Crippen LogP contribution is -2.53. The van der Waals surface area contributed by atoms with Crippen molar-refractivity contribution in [2.45, 2.75) is 102 Å². The van der Waals surface area contributed by atoms with Gasteiger partial charge in [-0.25, -0.2) is 0 Å². The van der Waals surface area contributed by atoms with E-state index in [0.717, 1.165) is 25.7 Å². The summed E-state index contributed by atoms with van der Waals surface area (Å²) < 4.78 is 0. The summed E-state index contributed by atoms with van der Waals surface area (Å²) >= 11 is 0. The fourth-order valence-corrected chi connectivity index (χ4v) is 10.6. The van der Waals surface area contributed by atoms with E-state index in [-0.39, 0.29) is 34.5 Å². The molecule has 7 rings (SSSR count). The Morgan fingerprint density at radius 3 is 1.06 bits per heavy atom. The van der Waals surface area contributed by atoms with Crippen LogP contribution in [-0.4, -0.2) is 22.4 Å². The summed E-state index contributed by atoms with van der Waals surface area (Å²) in [5.41, 5.74) is 5.43. The molecule has 4 aromatic carbocycles. The van der Waals surface area contributed by atoms with Gasteiger partial charge in [-0.3, -0.25) is 0 Å². The molecule has 5 unspecified atom stereocenters. The van der Waals surface area contributed by atoms with Crippen LogP contribution in [0.25, 0.3) is 0 Å². The van der Waals surface area contributed by atoms with E-state index in [1.165, 1.54) is 41.5 Å². The minimum atomic E-state index is -0.411. The van der Waals surface area contributed by atoms with Crippen LogP contribution in [0.1, 0.15) is 112 Å². The minimum Gasteiger partial charge on any atom is -0.392 e. The summed E-state index contributed by atoms with van der Waals surface area (Å²) in [7, 11) is 0. The Labute approximate surface area is 283 Å². The molecule has 0 spiro atoms. The van der Waals surface area contributed by atoms with Crippen molar-refractivity contribution in [2.24, 2.45) is 28.6 Å². The number of hydrogen-bond donors (Lipinski definition) is 2. The molecule has 2 nitrogen and oxygen atoms in total. The van der Waals surface area contributed by atoms with Crippen LogP contribution in [0.3, 0.4) is 0 Å². The first-order valence-electron chi connectivity index (χ1n) is 18.3. The summed E-state index contributed by atoms with van der Waals surface area (Å²) in [4.78, 5) is 0. The summed E-state index contributed by atoms with van der Waals surface area (Å²) in [6.45, 7) is 7.51. The van der Waals surface area contributed by atoms with Gasteiger partial charge in [0.05, 0.1) is 12.2 Å². The first-order chi connectivity index (χ1) is 22.8. The van der Waals surface area contributed by atoms with Gasteiger partial charge in [-0.2, -0.15) is 0 Å². The van der Waals surface area contributed by atoms with Crippen molar-refractivity contribution in [3.05, 3.63) is 144 Å². The summed E-state index contributed by atoms with van der Waals surface area (Å²) in [6, 6.07) is 43.4. The lowest BCUT2D eigenvalue weighted by Gasteiger charge is -2.60. The molecule has 2 heteroatoms. The van der Waals surface area contributed by atoms with Gasteiger partial charge >= 0.3 is 0 Å². The molecule has 0 heterocycles. The van der Waals surface area contributed by atoms with E-state index in [9.17, 15) is 10.2 Å². The zero-order valence-electron chi connectivity index (χ0n) is 28.6. The van der Waals surface area contributed by atoms with Crippen LogP contribution >= 0.6 is 0 Å². The van der Waals surface area contributed by atoms with Crippen LogP contribution < -0.4 is 0 Å². The maximum atomic E-state index is 12.2. The molecule has 3 fully saturated rings. The summed E-state index contributed by atoms with van der Waals surface area (Å²) in [5.74, 6) is 2.02. The Bertz CT molecular complexity index is 1360. The third kappa shape index (κ3) is 6.25. The van der Waals surface area contributed by atoms with E-state index >= 15 is 0 Å². The number of aliphatic hydroxyl groups is 2. The molecule has 0 bridgehead atoms. The Balaban J connectivity index is 1.35.